The van der Waals surface area contributed by atoms with Crippen molar-refractivity contribution in [1.82, 2.24) is 4.57 Å². The molecule has 23 heavy (non-hydrogen) atoms. The third kappa shape index (κ3) is 3.38. The van der Waals surface area contributed by atoms with Crippen LogP contribution in [0.4, 0.5) is 23.2 Å². The van der Waals surface area contributed by atoms with Crippen molar-refractivity contribution in [1.29, 1.82) is 0 Å². The maximum Gasteiger partial charge on any atom is 0.416 e. The Morgan fingerprint density at radius 1 is 1.22 bits per heavy atom. The van der Waals surface area contributed by atoms with Crippen molar-refractivity contribution in [2.45, 2.75) is 19.6 Å². The van der Waals surface area contributed by atoms with Crippen molar-refractivity contribution in [2.75, 3.05) is 0 Å². The largest absolute Gasteiger partial charge is 0.416 e. The minimum atomic E-state index is -4.66. The molecule has 0 amide bonds. The second-order valence-electron chi connectivity index (χ2n) is 4.81. The number of hydrogen-bond donors (Lipinski definition) is 0. The number of benzene rings is 1. The topological polar surface area (TPSA) is 65.1 Å². The summed E-state index contributed by atoms with van der Waals surface area (Å²) in [5, 5.41) is 10.8. The van der Waals surface area contributed by atoms with Crippen LogP contribution in [0, 0.1) is 22.9 Å². The molecule has 0 aliphatic heterocycles. The number of aromatic nitrogens is 1. The zero-order chi connectivity index (χ0) is 17.4. The number of rotatable bonds is 3. The number of aryl methyl sites for hydroxylation is 1. The summed E-state index contributed by atoms with van der Waals surface area (Å²) in [7, 11) is 0. The monoisotopic (exact) mass is 330 g/mol. The highest BCUT2D eigenvalue weighted by molar-refractivity contribution is 5.31. The van der Waals surface area contributed by atoms with Gasteiger partial charge in [-0.1, -0.05) is 0 Å². The first-order valence-electron chi connectivity index (χ1n) is 6.31. The Hall–Kier alpha value is -2.71. The Kier molecular flexibility index (Phi) is 4.22. The van der Waals surface area contributed by atoms with Crippen molar-refractivity contribution in [3.8, 4) is 0 Å². The summed E-state index contributed by atoms with van der Waals surface area (Å²) >= 11 is 0. The fraction of sp³-hybridized carbons (Fsp3) is 0.214. The van der Waals surface area contributed by atoms with Crippen LogP contribution in [0.3, 0.4) is 0 Å². The molecule has 0 fully saturated rings. The number of hydrogen-bond acceptors (Lipinski definition) is 3. The molecule has 0 aliphatic carbocycles. The smallest absolute Gasteiger partial charge is 0.303 e. The molecule has 0 spiro atoms. The molecule has 0 bridgehead atoms. The van der Waals surface area contributed by atoms with E-state index in [9.17, 15) is 32.5 Å². The van der Waals surface area contributed by atoms with Gasteiger partial charge in [0, 0.05) is 17.3 Å². The maximum absolute atomic E-state index is 13.7. The molecular formula is C14H10F4N2O3. The predicted octanol–water partition coefficient (Wildman–Crippen LogP) is 3.27. The van der Waals surface area contributed by atoms with Gasteiger partial charge < -0.3 is 4.57 Å². The molecule has 0 saturated carbocycles. The van der Waals surface area contributed by atoms with E-state index < -0.39 is 40.3 Å². The molecule has 0 N–H and O–H groups in total. The van der Waals surface area contributed by atoms with Crippen molar-refractivity contribution in [3.63, 3.8) is 0 Å². The molecule has 0 unspecified atom stereocenters. The molecule has 1 aromatic carbocycles. The molecule has 122 valence electrons. The fourth-order valence-electron chi connectivity index (χ4n) is 2.04. The van der Waals surface area contributed by atoms with Gasteiger partial charge in [-0.2, -0.15) is 13.2 Å². The number of nitro groups is 1. The highest BCUT2D eigenvalue weighted by atomic mass is 19.4. The second kappa shape index (κ2) is 5.82. The van der Waals surface area contributed by atoms with Gasteiger partial charge >= 0.3 is 17.4 Å². The van der Waals surface area contributed by atoms with E-state index in [4.69, 9.17) is 0 Å². The highest BCUT2D eigenvalue weighted by Gasteiger charge is 2.31. The lowest BCUT2D eigenvalue weighted by Crippen LogP contribution is -2.25. The van der Waals surface area contributed by atoms with E-state index in [1.807, 2.05) is 0 Å². The Bertz CT molecular complexity index is 828. The summed E-state index contributed by atoms with van der Waals surface area (Å²) in [6, 6.07) is 4.08. The van der Waals surface area contributed by atoms with Gasteiger partial charge in [0.1, 0.15) is 5.82 Å². The molecule has 5 nitrogen and oxygen atoms in total. The van der Waals surface area contributed by atoms with Crippen LogP contribution in [0.2, 0.25) is 0 Å². The molecule has 0 saturated heterocycles. The standard InChI is InChI=1S/C14H10F4N2O3/c1-8-2-5-12(20(22)23)13(21)19(8)7-9-6-10(14(16,17)18)3-4-11(9)15/h2-6H,7H2,1H3. The number of nitrogens with zero attached hydrogens (tertiary/aromatic N) is 2. The SMILES string of the molecule is Cc1ccc([N+](=O)[O-])c(=O)n1Cc1cc(C(F)(F)F)ccc1F. The summed E-state index contributed by atoms with van der Waals surface area (Å²) in [4.78, 5) is 21.9. The van der Waals surface area contributed by atoms with Crippen LogP contribution in [-0.2, 0) is 12.7 Å². The molecule has 9 heteroatoms. The molecule has 0 aliphatic rings. The van der Waals surface area contributed by atoms with Crippen LogP contribution in [-0.4, -0.2) is 9.49 Å². The first kappa shape index (κ1) is 16.7. The number of halogens is 4. The van der Waals surface area contributed by atoms with Crippen molar-refractivity contribution >= 4 is 5.69 Å². The van der Waals surface area contributed by atoms with Gasteiger partial charge in [-0.15, -0.1) is 0 Å². The van der Waals surface area contributed by atoms with E-state index in [1.165, 1.54) is 13.0 Å². The first-order chi connectivity index (χ1) is 10.6. The lowest BCUT2D eigenvalue weighted by Gasteiger charge is -2.13. The third-order valence-corrected chi connectivity index (χ3v) is 3.27. The first-order valence-corrected chi connectivity index (χ1v) is 6.31. The molecule has 0 radical (unpaired) electrons. The Morgan fingerprint density at radius 2 is 1.87 bits per heavy atom. The van der Waals surface area contributed by atoms with Crippen LogP contribution in [0.15, 0.2) is 35.1 Å². The minimum absolute atomic E-state index is 0.261. The summed E-state index contributed by atoms with van der Waals surface area (Å²) < 4.78 is 52.7. The van der Waals surface area contributed by atoms with Crippen LogP contribution in [0.5, 0.6) is 0 Å². The Balaban J connectivity index is 2.54. The second-order valence-corrected chi connectivity index (χ2v) is 4.81. The van der Waals surface area contributed by atoms with Gasteiger partial charge in [0.2, 0.25) is 0 Å². The van der Waals surface area contributed by atoms with Gasteiger partial charge in [-0.3, -0.25) is 14.9 Å². The number of pyridine rings is 1. The Labute approximate surface area is 126 Å². The quantitative estimate of drug-likeness (QED) is 0.493. The summed E-state index contributed by atoms with van der Waals surface area (Å²) in [6.45, 7) is 0.902. The average Bonchev–Trinajstić information content (AvgIpc) is 2.43. The summed E-state index contributed by atoms with van der Waals surface area (Å²) in [5.74, 6) is -0.934. The van der Waals surface area contributed by atoms with Crippen molar-refractivity contribution in [2.24, 2.45) is 0 Å². The zero-order valence-corrected chi connectivity index (χ0v) is 11.7. The van der Waals surface area contributed by atoms with Crippen molar-refractivity contribution in [3.05, 3.63) is 73.4 Å². The molecule has 1 aromatic heterocycles. The van der Waals surface area contributed by atoms with Crippen molar-refractivity contribution < 1.29 is 22.5 Å². The fourth-order valence-corrected chi connectivity index (χ4v) is 2.04. The van der Waals surface area contributed by atoms with E-state index in [0.717, 1.165) is 10.6 Å². The average molecular weight is 330 g/mol. The van der Waals surface area contributed by atoms with Gasteiger partial charge in [-0.25, -0.2) is 4.39 Å². The lowest BCUT2D eigenvalue weighted by atomic mass is 10.1. The Morgan fingerprint density at radius 3 is 2.43 bits per heavy atom. The van der Waals surface area contributed by atoms with E-state index in [0.29, 0.717) is 18.2 Å². The van der Waals surface area contributed by atoms with Crippen LogP contribution in [0.25, 0.3) is 0 Å². The van der Waals surface area contributed by atoms with Gasteiger partial charge in [0.25, 0.3) is 0 Å². The van der Waals surface area contributed by atoms with Crippen LogP contribution < -0.4 is 5.56 Å². The van der Waals surface area contributed by atoms with Gasteiger partial charge in [-0.05, 0) is 31.2 Å². The predicted molar refractivity (Wildman–Crippen MR) is 72.6 cm³/mol. The molecule has 1 heterocycles. The van der Waals surface area contributed by atoms with Gasteiger partial charge in [0.15, 0.2) is 0 Å². The number of alkyl halides is 3. The molecule has 0 atom stereocenters. The molecule has 2 aromatic rings. The van der Waals surface area contributed by atoms with Gasteiger partial charge in [0.05, 0.1) is 17.0 Å². The maximum atomic E-state index is 13.7. The van der Waals surface area contributed by atoms with E-state index in [-0.39, 0.29) is 11.3 Å². The van der Waals surface area contributed by atoms with Crippen LogP contribution in [0.1, 0.15) is 16.8 Å². The molecular weight excluding hydrogens is 320 g/mol. The lowest BCUT2D eigenvalue weighted by molar-refractivity contribution is -0.386. The minimum Gasteiger partial charge on any atom is -0.303 e. The summed E-state index contributed by atoms with van der Waals surface area (Å²) in [6.07, 6.45) is -4.66. The van der Waals surface area contributed by atoms with Crippen LogP contribution >= 0.6 is 0 Å². The van der Waals surface area contributed by atoms with E-state index in [1.54, 1.807) is 0 Å². The normalized spacial score (nSPS) is 11.5. The zero-order valence-electron chi connectivity index (χ0n) is 11.7. The summed E-state index contributed by atoms with van der Waals surface area (Å²) in [5.41, 5.74) is -2.93. The highest BCUT2D eigenvalue weighted by Crippen LogP contribution is 2.30. The van der Waals surface area contributed by atoms with E-state index in [2.05, 4.69) is 0 Å². The molecule has 2 rings (SSSR count). The third-order valence-electron chi connectivity index (χ3n) is 3.27. The van der Waals surface area contributed by atoms with E-state index >= 15 is 0 Å².